The molecule has 3 rings (SSSR count). The number of aromatic nitrogens is 1. The highest BCUT2D eigenvalue weighted by molar-refractivity contribution is 6.08. The van der Waals surface area contributed by atoms with Crippen molar-refractivity contribution in [3.8, 4) is 11.3 Å². The highest BCUT2D eigenvalue weighted by Crippen LogP contribution is 2.56. The Balaban J connectivity index is 2.32. The number of rotatable bonds is 5. The number of hydrogen-bond donors (Lipinski definition) is 1. The predicted octanol–water partition coefficient (Wildman–Crippen LogP) is 7.45. The van der Waals surface area contributed by atoms with Gasteiger partial charge in [0.1, 0.15) is 0 Å². The molecule has 5 nitrogen and oxygen atoms in total. The fourth-order valence-corrected chi connectivity index (χ4v) is 4.04. The van der Waals surface area contributed by atoms with E-state index in [-0.39, 0.29) is 21.7 Å². The Morgan fingerprint density at radius 3 is 1.70 bits per heavy atom. The molecule has 0 unspecified atom stereocenters. The second kappa shape index (κ2) is 10.7. The highest BCUT2D eigenvalue weighted by atomic mass is 19.4. The first-order valence-electron chi connectivity index (χ1n) is 11.2. The summed E-state index contributed by atoms with van der Waals surface area (Å²) in [7, 11) is 0.334. The molecule has 0 aliphatic heterocycles. The van der Waals surface area contributed by atoms with E-state index < -0.39 is 82.3 Å². The zero-order chi connectivity index (χ0) is 32.9. The van der Waals surface area contributed by atoms with E-state index in [4.69, 9.17) is 5.73 Å². The number of benzene rings is 2. The van der Waals surface area contributed by atoms with E-state index in [1.165, 1.54) is 24.4 Å². The van der Waals surface area contributed by atoms with Gasteiger partial charge in [-0.1, -0.05) is 12.1 Å². The van der Waals surface area contributed by atoms with Crippen LogP contribution >= 0.6 is 0 Å². The van der Waals surface area contributed by atoms with Crippen molar-refractivity contribution >= 4 is 17.5 Å². The Morgan fingerprint density at radius 1 is 0.744 bits per heavy atom. The van der Waals surface area contributed by atoms with Crippen LogP contribution in [0.2, 0.25) is 0 Å². The maximum absolute atomic E-state index is 14.6. The Hall–Kier alpha value is -4.38. The summed E-state index contributed by atoms with van der Waals surface area (Å²) in [6.07, 6.45) is -25.2. The SMILES string of the molecule is CN(C(=O)c1cccc(-c2ncccc2C(N)=O)c1)c1c(C(F)(F)F)cc(C(F)(C(F)(F)F)C(F)(F)F)cc1C(F)(F)F. The Bertz CT molecular complexity index is 1510. The lowest BCUT2D eigenvalue weighted by Crippen LogP contribution is -2.50. The summed E-state index contributed by atoms with van der Waals surface area (Å²) in [5, 5.41) is 0. The van der Waals surface area contributed by atoms with E-state index in [0.29, 0.717) is 7.05 Å². The minimum absolute atomic E-state index is 0.0753. The van der Waals surface area contributed by atoms with Crippen molar-refractivity contribution in [1.82, 2.24) is 4.98 Å². The average Bonchev–Trinajstić information content (AvgIpc) is 2.88. The maximum atomic E-state index is 14.6. The molecule has 0 fully saturated rings. The number of carbonyl (C=O) groups excluding carboxylic acids is 2. The van der Waals surface area contributed by atoms with Gasteiger partial charge in [-0.05, 0) is 36.4 Å². The standard InChI is InChI=1S/C25H14F13N3O2/c1-41(20(43)12-5-2-4-11(8-12)17-14(19(39)42)6-3-7-40-17)18-15(22(27,28)29)9-13(10-16(18)23(30,31)32)21(26,24(33,34)35)25(36,37)38/h2-10H,1H3,(H2,39,42). The molecule has 2 aromatic carbocycles. The van der Waals surface area contributed by atoms with Gasteiger partial charge in [-0.25, -0.2) is 4.39 Å². The minimum atomic E-state index is -7.05. The van der Waals surface area contributed by atoms with Crippen LogP contribution in [0.25, 0.3) is 11.3 Å². The van der Waals surface area contributed by atoms with Crippen LogP contribution in [0.1, 0.15) is 37.4 Å². The monoisotopic (exact) mass is 635 g/mol. The van der Waals surface area contributed by atoms with Gasteiger partial charge in [-0.2, -0.15) is 52.7 Å². The molecule has 232 valence electrons. The summed E-state index contributed by atoms with van der Waals surface area (Å²) in [5.41, 5.74) is -13.4. The van der Waals surface area contributed by atoms with Crippen molar-refractivity contribution in [2.75, 3.05) is 11.9 Å². The summed E-state index contributed by atoms with van der Waals surface area (Å²) >= 11 is 0. The van der Waals surface area contributed by atoms with E-state index in [1.807, 2.05) is 0 Å². The summed E-state index contributed by atoms with van der Waals surface area (Å²) in [4.78, 5) is 28.4. The molecular formula is C25H14F13N3O2. The Kier molecular flexibility index (Phi) is 8.25. The third-order valence-electron chi connectivity index (χ3n) is 6.00. The first-order valence-corrected chi connectivity index (χ1v) is 11.2. The van der Waals surface area contributed by atoms with Gasteiger partial charge in [0.2, 0.25) is 0 Å². The van der Waals surface area contributed by atoms with Crippen LogP contribution in [0.4, 0.5) is 62.8 Å². The molecular weight excluding hydrogens is 621 g/mol. The quantitative estimate of drug-likeness (QED) is 0.296. The number of alkyl halides is 13. The third-order valence-corrected chi connectivity index (χ3v) is 6.00. The van der Waals surface area contributed by atoms with Gasteiger partial charge in [-0.3, -0.25) is 14.6 Å². The average molecular weight is 635 g/mol. The van der Waals surface area contributed by atoms with Crippen molar-refractivity contribution in [3.63, 3.8) is 0 Å². The lowest BCUT2D eigenvalue weighted by Gasteiger charge is -2.33. The number of nitrogens with zero attached hydrogens (tertiary/aromatic N) is 2. The van der Waals surface area contributed by atoms with Crippen LogP contribution in [0.3, 0.4) is 0 Å². The second-order valence-electron chi connectivity index (χ2n) is 8.78. The Labute approximate surface area is 231 Å². The number of halogens is 13. The molecule has 2 amide bonds. The number of anilines is 1. The number of nitrogens with two attached hydrogens (primary N) is 1. The van der Waals surface area contributed by atoms with Gasteiger partial charge in [0, 0.05) is 29.9 Å². The number of carbonyl (C=O) groups is 2. The molecule has 1 aromatic heterocycles. The van der Waals surface area contributed by atoms with E-state index in [2.05, 4.69) is 4.98 Å². The van der Waals surface area contributed by atoms with Gasteiger partial charge >= 0.3 is 30.4 Å². The van der Waals surface area contributed by atoms with Crippen molar-refractivity contribution in [1.29, 1.82) is 0 Å². The van der Waals surface area contributed by atoms with Crippen LogP contribution in [0.5, 0.6) is 0 Å². The molecule has 0 radical (unpaired) electrons. The largest absolute Gasteiger partial charge is 0.435 e. The van der Waals surface area contributed by atoms with Crippen molar-refractivity contribution < 1.29 is 66.7 Å². The van der Waals surface area contributed by atoms with Crippen LogP contribution in [0.15, 0.2) is 54.7 Å². The van der Waals surface area contributed by atoms with E-state index in [9.17, 15) is 66.7 Å². The fourth-order valence-electron chi connectivity index (χ4n) is 4.04. The van der Waals surface area contributed by atoms with Gasteiger partial charge in [0.05, 0.1) is 28.1 Å². The van der Waals surface area contributed by atoms with Gasteiger partial charge in [0.25, 0.3) is 11.8 Å². The normalized spacial score (nSPS) is 13.2. The predicted molar refractivity (Wildman–Crippen MR) is 122 cm³/mol. The summed E-state index contributed by atoms with van der Waals surface area (Å²) in [6, 6.07) is 4.43. The van der Waals surface area contributed by atoms with Crippen LogP contribution in [-0.2, 0) is 18.0 Å². The van der Waals surface area contributed by atoms with Crippen LogP contribution in [0, 0.1) is 0 Å². The molecule has 0 aliphatic carbocycles. The van der Waals surface area contributed by atoms with Crippen LogP contribution < -0.4 is 10.6 Å². The molecule has 0 atom stereocenters. The second-order valence-corrected chi connectivity index (χ2v) is 8.78. The first-order chi connectivity index (χ1) is 19.4. The molecule has 3 aromatic rings. The number of amides is 2. The van der Waals surface area contributed by atoms with Crippen molar-refractivity contribution in [3.05, 3.63) is 82.5 Å². The van der Waals surface area contributed by atoms with Crippen molar-refractivity contribution in [2.24, 2.45) is 5.73 Å². The first kappa shape index (κ1) is 33.1. The Morgan fingerprint density at radius 2 is 1.26 bits per heavy atom. The zero-order valence-corrected chi connectivity index (χ0v) is 20.9. The van der Waals surface area contributed by atoms with E-state index in [0.717, 1.165) is 18.2 Å². The molecule has 43 heavy (non-hydrogen) atoms. The molecule has 1 heterocycles. The minimum Gasteiger partial charge on any atom is -0.366 e. The zero-order valence-electron chi connectivity index (χ0n) is 20.9. The molecule has 18 heteroatoms. The third kappa shape index (κ3) is 6.08. The lowest BCUT2D eigenvalue weighted by molar-refractivity contribution is -0.348. The van der Waals surface area contributed by atoms with Crippen LogP contribution in [-0.4, -0.2) is 36.2 Å². The fraction of sp³-hybridized carbons (Fsp3) is 0.240. The topological polar surface area (TPSA) is 76.3 Å². The molecule has 2 N–H and O–H groups in total. The molecule has 0 bridgehead atoms. The van der Waals surface area contributed by atoms with E-state index >= 15 is 0 Å². The lowest BCUT2D eigenvalue weighted by atomic mass is 9.89. The highest BCUT2D eigenvalue weighted by Gasteiger charge is 2.74. The van der Waals surface area contributed by atoms with Crippen molar-refractivity contribution in [2.45, 2.75) is 30.4 Å². The number of primary amides is 1. The molecule has 0 aliphatic rings. The van der Waals surface area contributed by atoms with Gasteiger partial charge in [-0.15, -0.1) is 0 Å². The summed E-state index contributed by atoms with van der Waals surface area (Å²) in [6.45, 7) is 0. The van der Waals surface area contributed by atoms with Gasteiger partial charge in [0.15, 0.2) is 0 Å². The molecule has 0 spiro atoms. The molecule has 0 saturated heterocycles. The summed E-state index contributed by atoms with van der Waals surface area (Å²) in [5.74, 6) is -2.66. The smallest absolute Gasteiger partial charge is 0.366 e. The molecule has 0 saturated carbocycles. The number of hydrogen-bond acceptors (Lipinski definition) is 3. The number of pyridine rings is 1. The maximum Gasteiger partial charge on any atom is 0.435 e. The van der Waals surface area contributed by atoms with Gasteiger partial charge < -0.3 is 10.6 Å². The van der Waals surface area contributed by atoms with E-state index in [1.54, 1.807) is 0 Å². The summed E-state index contributed by atoms with van der Waals surface area (Å²) < 4.78 is 178.